The monoisotopic (exact) mass is 421 g/mol. The SMILES string of the molecule is COCCCOc1cc2c(cc1Cl)-c1c(F)c(=O)c(C(C)=O)cn1[C@H](C(C)C)C2. The molecule has 0 bridgehead atoms. The fourth-order valence-electron chi connectivity index (χ4n) is 3.73. The van der Waals surface area contributed by atoms with Crippen LogP contribution in [0.25, 0.3) is 11.3 Å². The van der Waals surface area contributed by atoms with Gasteiger partial charge in [0.15, 0.2) is 11.6 Å². The number of aromatic nitrogens is 1. The molecule has 29 heavy (non-hydrogen) atoms. The van der Waals surface area contributed by atoms with E-state index < -0.39 is 17.0 Å². The maximum absolute atomic E-state index is 15.2. The molecule has 5 nitrogen and oxygen atoms in total. The molecule has 156 valence electrons. The van der Waals surface area contributed by atoms with Crippen molar-refractivity contribution in [2.24, 2.45) is 5.92 Å². The first-order valence-electron chi connectivity index (χ1n) is 9.66. The van der Waals surface area contributed by atoms with Crippen LogP contribution in [0.1, 0.15) is 49.2 Å². The zero-order valence-electron chi connectivity index (χ0n) is 17.1. The number of fused-ring (bicyclic) bond motifs is 3. The number of ketones is 1. The number of carbonyl (C=O) groups excluding carboxylic acids is 1. The number of halogens is 2. The van der Waals surface area contributed by atoms with Crippen molar-refractivity contribution in [3.63, 3.8) is 0 Å². The van der Waals surface area contributed by atoms with Crippen LogP contribution < -0.4 is 10.2 Å². The fraction of sp³-hybridized carbons (Fsp3) is 0.455. The molecule has 1 aliphatic rings. The summed E-state index contributed by atoms with van der Waals surface area (Å²) in [6.45, 7) is 6.36. The second-order valence-corrected chi connectivity index (χ2v) is 8.06. The minimum Gasteiger partial charge on any atom is -0.492 e. The van der Waals surface area contributed by atoms with Gasteiger partial charge in [-0.1, -0.05) is 25.4 Å². The number of carbonyl (C=O) groups is 1. The quantitative estimate of drug-likeness (QED) is 0.481. The zero-order valence-corrected chi connectivity index (χ0v) is 17.8. The molecule has 7 heteroatoms. The molecule has 0 fully saturated rings. The lowest BCUT2D eigenvalue weighted by atomic mass is 9.87. The Kier molecular flexibility index (Phi) is 6.44. The topological polar surface area (TPSA) is 57.5 Å². The van der Waals surface area contributed by atoms with Crippen LogP contribution in [0, 0.1) is 11.7 Å². The van der Waals surface area contributed by atoms with Gasteiger partial charge in [-0.05, 0) is 37.0 Å². The highest BCUT2D eigenvalue weighted by molar-refractivity contribution is 6.32. The van der Waals surface area contributed by atoms with Gasteiger partial charge in [0.05, 0.1) is 22.9 Å². The molecule has 2 heterocycles. The molecule has 0 N–H and O–H groups in total. The number of ether oxygens (including phenoxy) is 2. The molecule has 0 saturated carbocycles. The number of rotatable bonds is 7. The lowest BCUT2D eigenvalue weighted by Gasteiger charge is -2.34. The van der Waals surface area contributed by atoms with Gasteiger partial charge in [0, 0.05) is 37.9 Å². The molecule has 0 radical (unpaired) electrons. The molecule has 1 atom stereocenters. The number of hydrogen-bond acceptors (Lipinski definition) is 4. The molecular formula is C22H25ClFNO4. The first-order valence-corrected chi connectivity index (χ1v) is 10.0. The molecule has 1 aliphatic heterocycles. The van der Waals surface area contributed by atoms with E-state index in [9.17, 15) is 9.59 Å². The van der Waals surface area contributed by atoms with Gasteiger partial charge in [0.25, 0.3) is 0 Å². The summed E-state index contributed by atoms with van der Waals surface area (Å²) in [6.07, 6.45) is 2.82. The van der Waals surface area contributed by atoms with Crippen molar-refractivity contribution in [2.45, 2.75) is 39.7 Å². The van der Waals surface area contributed by atoms with Crippen LogP contribution in [-0.4, -0.2) is 30.7 Å². The van der Waals surface area contributed by atoms with Gasteiger partial charge in [-0.2, -0.15) is 0 Å². The van der Waals surface area contributed by atoms with Gasteiger partial charge >= 0.3 is 0 Å². The summed E-state index contributed by atoms with van der Waals surface area (Å²) >= 11 is 6.39. The van der Waals surface area contributed by atoms with Crippen LogP contribution in [0.15, 0.2) is 23.1 Å². The van der Waals surface area contributed by atoms with Gasteiger partial charge in [-0.25, -0.2) is 4.39 Å². The van der Waals surface area contributed by atoms with Crippen LogP contribution in [0.5, 0.6) is 5.75 Å². The molecule has 0 amide bonds. The largest absolute Gasteiger partial charge is 0.492 e. The van der Waals surface area contributed by atoms with Crippen molar-refractivity contribution in [2.75, 3.05) is 20.3 Å². The van der Waals surface area contributed by atoms with E-state index in [4.69, 9.17) is 21.1 Å². The Morgan fingerprint density at radius 3 is 2.69 bits per heavy atom. The Morgan fingerprint density at radius 1 is 1.34 bits per heavy atom. The van der Waals surface area contributed by atoms with Gasteiger partial charge < -0.3 is 14.0 Å². The van der Waals surface area contributed by atoms with Crippen LogP contribution in [0.3, 0.4) is 0 Å². The third-order valence-corrected chi connectivity index (χ3v) is 5.57. The molecule has 3 rings (SSSR count). The molecule has 2 aromatic rings. The highest BCUT2D eigenvalue weighted by atomic mass is 35.5. The number of benzene rings is 1. The van der Waals surface area contributed by atoms with Crippen molar-refractivity contribution >= 4 is 17.4 Å². The summed E-state index contributed by atoms with van der Waals surface area (Å²) in [5.74, 6) is -0.685. The van der Waals surface area contributed by atoms with E-state index in [0.29, 0.717) is 36.0 Å². The van der Waals surface area contributed by atoms with E-state index in [-0.39, 0.29) is 23.2 Å². The predicted octanol–water partition coefficient (Wildman–Crippen LogP) is 4.68. The third kappa shape index (κ3) is 4.09. The Morgan fingerprint density at radius 2 is 2.07 bits per heavy atom. The molecule has 1 aromatic heterocycles. The highest BCUT2D eigenvalue weighted by Crippen LogP contribution is 2.42. The maximum Gasteiger partial charge on any atom is 0.228 e. The van der Waals surface area contributed by atoms with Crippen molar-refractivity contribution in [3.05, 3.63) is 50.5 Å². The summed E-state index contributed by atoms with van der Waals surface area (Å²) in [5.41, 5.74) is 0.581. The van der Waals surface area contributed by atoms with Crippen LogP contribution in [0.2, 0.25) is 5.02 Å². The highest BCUT2D eigenvalue weighted by Gasteiger charge is 2.31. The van der Waals surface area contributed by atoms with Gasteiger partial charge in [-0.3, -0.25) is 9.59 Å². The minimum atomic E-state index is -0.922. The zero-order chi connectivity index (χ0) is 21.3. The number of Topliss-reactive ketones (excluding diaryl/α,β-unsaturated/α-hetero) is 1. The molecule has 0 spiro atoms. The van der Waals surface area contributed by atoms with Crippen molar-refractivity contribution in [1.29, 1.82) is 0 Å². The molecule has 0 unspecified atom stereocenters. The van der Waals surface area contributed by atoms with Gasteiger partial charge in [0.1, 0.15) is 5.75 Å². The van der Waals surface area contributed by atoms with E-state index in [1.807, 2.05) is 19.9 Å². The van der Waals surface area contributed by atoms with E-state index >= 15 is 4.39 Å². The number of pyridine rings is 1. The molecule has 0 aliphatic carbocycles. The normalized spacial score (nSPS) is 15.2. The molecular weight excluding hydrogens is 397 g/mol. The van der Waals surface area contributed by atoms with Crippen molar-refractivity contribution < 1.29 is 18.7 Å². The lowest BCUT2D eigenvalue weighted by molar-refractivity contribution is 0.101. The minimum absolute atomic E-state index is 0.104. The van der Waals surface area contributed by atoms with Crippen LogP contribution in [-0.2, 0) is 11.2 Å². The van der Waals surface area contributed by atoms with Crippen molar-refractivity contribution in [3.8, 4) is 17.0 Å². The van der Waals surface area contributed by atoms with E-state index in [2.05, 4.69) is 0 Å². The van der Waals surface area contributed by atoms with E-state index in [0.717, 1.165) is 12.0 Å². The fourth-order valence-corrected chi connectivity index (χ4v) is 3.95. The maximum atomic E-state index is 15.2. The Bertz CT molecular complexity index is 999. The second-order valence-electron chi connectivity index (χ2n) is 7.65. The smallest absolute Gasteiger partial charge is 0.228 e. The summed E-state index contributed by atoms with van der Waals surface area (Å²) < 4.78 is 27.7. The Labute approximate surface area is 174 Å². The molecule has 1 aromatic carbocycles. The first kappa shape index (κ1) is 21.5. The number of nitrogens with zero attached hydrogens (tertiary/aromatic N) is 1. The standard InChI is InChI=1S/C22H25ClFNO4/c1-12(2)18-8-14-9-19(29-7-5-6-28-4)17(23)10-15(14)21-20(24)22(27)16(13(3)26)11-25(18)21/h9-12,18H,5-8H2,1-4H3/t18-/m0/s1. The lowest BCUT2D eigenvalue weighted by Crippen LogP contribution is -2.30. The predicted molar refractivity (Wildman–Crippen MR) is 111 cm³/mol. The van der Waals surface area contributed by atoms with Gasteiger partial charge in [-0.15, -0.1) is 0 Å². The van der Waals surface area contributed by atoms with E-state index in [1.165, 1.54) is 13.1 Å². The molecule has 0 saturated heterocycles. The summed E-state index contributed by atoms with van der Waals surface area (Å²) in [6, 6.07) is 3.36. The van der Waals surface area contributed by atoms with Crippen LogP contribution in [0.4, 0.5) is 4.39 Å². The summed E-state index contributed by atoms with van der Waals surface area (Å²) in [4.78, 5) is 24.3. The Hall–Kier alpha value is -2.18. The number of hydrogen-bond donors (Lipinski definition) is 0. The number of methoxy groups -OCH3 is 1. The Balaban J connectivity index is 2.14. The summed E-state index contributed by atoms with van der Waals surface area (Å²) in [7, 11) is 1.63. The average molecular weight is 422 g/mol. The average Bonchev–Trinajstić information content (AvgIpc) is 2.67. The van der Waals surface area contributed by atoms with Gasteiger partial charge in [0.2, 0.25) is 5.43 Å². The van der Waals surface area contributed by atoms with Crippen LogP contribution >= 0.6 is 11.6 Å². The second kappa shape index (κ2) is 8.67. The first-order chi connectivity index (χ1) is 13.8. The summed E-state index contributed by atoms with van der Waals surface area (Å²) in [5, 5.41) is 0.346. The van der Waals surface area contributed by atoms with Crippen molar-refractivity contribution in [1.82, 2.24) is 4.57 Å². The third-order valence-electron chi connectivity index (χ3n) is 5.28. The van der Waals surface area contributed by atoms with E-state index in [1.54, 1.807) is 17.7 Å².